The number of imide groups is 1. The second kappa shape index (κ2) is 8.79. The van der Waals surface area contributed by atoms with E-state index in [-0.39, 0.29) is 11.8 Å². The van der Waals surface area contributed by atoms with Crippen LogP contribution in [-0.2, 0) is 9.59 Å². The minimum absolute atomic E-state index is 0.352. The van der Waals surface area contributed by atoms with Gasteiger partial charge in [0, 0.05) is 38.6 Å². The monoisotopic (exact) mass is 450 g/mol. The van der Waals surface area contributed by atoms with Crippen molar-refractivity contribution in [3.05, 3.63) is 89.4 Å². The summed E-state index contributed by atoms with van der Waals surface area (Å²) in [5.74, 6) is -0.0556. The molecular weight excluding hydrogens is 428 g/mol. The molecule has 0 unspecified atom stereocenters. The third kappa shape index (κ3) is 3.77. The summed E-state index contributed by atoms with van der Waals surface area (Å²) in [4.78, 5) is 41.2. The number of aryl methyl sites for hydroxylation is 1. The smallest absolute Gasteiger partial charge is 0.282 e. The van der Waals surface area contributed by atoms with Crippen LogP contribution in [0.5, 0.6) is 0 Å². The zero-order valence-corrected chi connectivity index (χ0v) is 18.7. The molecule has 2 amide bonds. The molecule has 2 aliphatic heterocycles. The molecule has 0 spiro atoms. The van der Waals surface area contributed by atoms with E-state index in [9.17, 15) is 9.59 Å². The highest BCUT2D eigenvalue weighted by atomic mass is 16.2. The minimum atomic E-state index is -0.359. The van der Waals surface area contributed by atoms with Crippen LogP contribution < -0.4 is 9.80 Å². The molecular formula is C26H22N6O2. The molecule has 1 aromatic heterocycles. The van der Waals surface area contributed by atoms with Crippen LogP contribution in [0.25, 0.3) is 5.57 Å². The summed E-state index contributed by atoms with van der Waals surface area (Å²) < 4.78 is 0. The fourth-order valence-corrected chi connectivity index (χ4v) is 4.30. The van der Waals surface area contributed by atoms with Gasteiger partial charge in [-0.3, -0.25) is 9.59 Å². The van der Waals surface area contributed by atoms with Gasteiger partial charge >= 0.3 is 0 Å². The molecule has 0 atom stereocenters. The maximum atomic E-state index is 13.7. The van der Waals surface area contributed by atoms with Crippen molar-refractivity contribution >= 4 is 29.0 Å². The zero-order chi connectivity index (χ0) is 23.7. The zero-order valence-electron chi connectivity index (χ0n) is 18.7. The highest BCUT2D eigenvalue weighted by molar-refractivity contribution is 6.45. The van der Waals surface area contributed by atoms with E-state index in [0.717, 1.165) is 5.56 Å². The Hall–Kier alpha value is -4.51. The molecule has 1 fully saturated rings. The van der Waals surface area contributed by atoms with Gasteiger partial charge < -0.3 is 9.80 Å². The molecule has 8 heteroatoms. The number of piperazine rings is 1. The number of amides is 2. The Morgan fingerprint density at radius 3 is 2.06 bits per heavy atom. The molecule has 34 heavy (non-hydrogen) atoms. The Bertz CT molecular complexity index is 1300. The summed E-state index contributed by atoms with van der Waals surface area (Å²) in [6, 6.07) is 18.0. The predicted octanol–water partition coefficient (Wildman–Crippen LogP) is 2.76. The second-order valence-corrected chi connectivity index (χ2v) is 8.22. The molecule has 3 aromatic rings. The molecule has 0 N–H and O–H groups in total. The first kappa shape index (κ1) is 21.3. The molecule has 3 heterocycles. The van der Waals surface area contributed by atoms with E-state index < -0.39 is 0 Å². The average molecular weight is 451 g/mol. The lowest BCUT2D eigenvalue weighted by Crippen LogP contribution is -2.48. The van der Waals surface area contributed by atoms with E-state index in [0.29, 0.717) is 60.2 Å². The predicted molar refractivity (Wildman–Crippen MR) is 128 cm³/mol. The second-order valence-electron chi connectivity index (χ2n) is 8.22. The Morgan fingerprint density at radius 1 is 0.824 bits per heavy atom. The van der Waals surface area contributed by atoms with Gasteiger partial charge in [0.05, 0.1) is 22.9 Å². The largest absolute Gasteiger partial charge is 0.363 e. The van der Waals surface area contributed by atoms with E-state index in [1.165, 1.54) is 4.90 Å². The molecule has 2 aromatic carbocycles. The van der Waals surface area contributed by atoms with Gasteiger partial charge in [-0.05, 0) is 42.8 Å². The third-order valence-electron chi connectivity index (χ3n) is 6.09. The van der Waals surface area contributed by atoms with Gasteiger partial charge in [-0.25, -0.2) is 14.9 Å². The Labute approximate surface area is 197 Å². The van der Waals surface area contributed by atoms with Crippen LogP contribution in [-0.4, -0.2) is 52.9 Å². The molecule has 168 valence electrons. The number of carbonyl (C=O) groups excluding carboxylic acids is 2. The first-order valence-electron chi connectivity index (χ1n) is 11.0. The maximum Gasteiger partial charge on any atom is 0.282 e. The summed E-state index contributed by atoms with van der Waals surface area (Å²) >= 11 is 0. The molecule has 0 bridgehead atoms. The number of nitrogens with zero attached hydrogens (tertiary/aromatic N) is 6. The lowest BCUT2D eigenvalue weighted by molar-refractivity contribution is -0.120. The van der Waals surface area contributed by atoms with Crippen LogP contribution in [0, 0.1) is 18.3 Å². The lowest BCUT2D eigenvalue weighted by atomic mass is 10.0. The van der Waals surface area contributed by atoms with Crippen molar-refractivity contribution in [2.75, 3.05) is 36.0 Å². The number of aromatic nitrogens is 2. The number of nitriles is 1. The molecule has 5 rings (SSSR count). The van der Waals surface area contributed by atoms with Crippen molar-refractivity contribution in [2.24, 2.45) is 0 Å². The average Bonchev–Trinajstić information content (AvgIpc) is 3.15. The fourth-order valence-electron chi connectivity index (χ4n) is 4.30. The van der Waals surface area contributed by atoms with E-state index in [4.69, 9.17) is 5.26 Å². The van der Waals surface area contributed by atoms with Gasteiger partial charge in [0.25, 0.3) is 11.8 Å². The Morgan fingerprint density at radius 2 is 1.44 bits per heavy atom. The van der Waals surface area contributed by atoms with Crippen LogP contribution in [0.4, 0.5) is 11.6 Å². The normalized spacial score (nSPS) is 16.3. The van der Waals surface area contributed by atoms with Gasteiger partial charge in [0.1, 0.15) is 5.70 Å². The van der Waals surface area contributed by atoms with E-state index in [2.05, 4.69) is 20.9 Å². The first-order valence-corrected chi connectivity index (χ1v) is 11.0. The summed E-state index contributed by atoms with van der Waals surface area (Å²) in [6.07, 6.45) is 3.42. The van der Waals surface area contributed by atoms with Crippen LogP contribution in [0.2, 0.25) is 0 Å². The van der Waals surface area contributed by atoms with E-state index >= 15 is 0 Å². The molecule has 1 saturated heterocycles. The molecule has 0 radical (unpaired) electrons. The van der Waals surface area contributed by atoms with Crippen LogP contribution >= 0.6 is 0 Å². The minimum Gasteiger partial charge on any atom is -0.363 e. The summed E-state index contributed by atoms with van der Waals surface area (Å²) in [5.41, 5.74) is 3.51. The van der Waals surface area contributed by atoms with Gasteiger partial charge in [-0.2, -0.15) is 5.26 Å². The summed E-state index contributed by atoms with van der Waals surface area (Å²) in [5, 5.41) is 9.10. The highest BCUT2D eigenvalue weighted by Crippen LogP contribution is 2.35. The van der Waals surface area contributed by atoms with Crippen LogP contribution in [0.3, 0.4) is 0 Å². The summed E-state index contributed by atoms with van der Waals surface area (Å²) in [7, 11) is 0. The topological polar surface area (TPSA) is 93.4 Å². The van der Waals surface area contributed by atoms with E-state index in [1.807, 2.05) is 36.1 Å². The molecule has 8 nitrogen and oxygen atoms in total. The number of benzene rings is 2. The van der Waals surface area contributed by atoms with Crippen LogP contribution in [0.15, 0.2) is 72.7 Å². The van der Waals surface area contributed by atoms with Gasteiger partial charge in [-0.15, -0.1) is 0 Å². The molecule has 0 aliphatic carbocycles. The molecule has 0 saturated carbocycles. The number of anilines is 2. The standard InChI is InChI=1S/C26H22N6O2/c1-18-3-7-20(8-4-18)22-23(30-13-15-31(16-14-30)26-28-11-2-12-29-26)25(34)32(24(22)33)21-9-5-19(17-27)6-10-21/h2-12H,13-16H2,1H3. The first-order chi connectivity index (χ1) is 16.6. The third-order valence-corrected chi connectivity index (χ3v) is 6.09. The van der Waals surface area contributed by atoms with Crippen molar-refractivity contribution < 1.29 is 9.59 Å². The van der Waals surface area contributed by atoms with Crippen molar-refractivity contribution in [3.63, 3.8) is 0 Å². The van der Waals surface area contributed by atoms with Crippen molar-refractivity contribution in [1.29, 1.82) is 5.26 Å². The van der Waals surface area contributed by atoms with E-state index in [1.54, 1.807) is 42.7 Å². The van der Waals surface area contributed by atoms with Gasteiger partial charge in [0.2, 0.25) is 5.95 Å². The maximum absolute atomic E-state index is 13.7. The number of carbonyl (C=O) groups is 2. The fraction of sp³-hybridized carbons (Fsp3) is 0.192. The number of hydrogen-bond donors (Lipinski definition) is 0. The van der Waals surface area contributed by atoms with Crippen LogP contribution in [0.1, 0.15) is 16.7 Å². The highest BCUT2D eigenvalue weighted by Gasteiger charge is 2.43. The quantitative estimate of drug-likeness (QED) is 0.564. The number of hydrogen-bond acceptors (Lipinski definition) is 7. The van der Waals surface area contributed by atoms with Crippen molar-refractivity contribution in [1.82, 2.24) is 14.9 Å². The van der Waals surface area contributed by atoms with Crippen molar-refractivity contribution in [2.45, 2.75) is 6.92 Å². The number of rotatable bonds is 4. The Balaban J connectivity index is 1.50. The van der Waals surface area contributed by atoms with Gasteiger partial charge in [-0.1, -0.05) is 29.8 Å². The SMILES string of the molecule is Cc1ccc(C2=C(N3CCN(c4ncccn4)CC3)C(=O)N(c3ccc(C#N)cc3)C2=O)cc1. The summed E-state index contributed by atoms with van der Waals surface area (Å²) in [6.45, 7) is 4.36. The molecule has 2 aliphatic rings. The lowest BCUT2D eigenvalue weighted by Gasteiger charge is -2.36. The van der Waals surface area contributed by atoms with Gasteiger partial charge in [0.15, 0.2) is 0 Å². The van der Waals surface area contributed by atoms with Crippen molar-refractivity contribution in [3.8, 4) is 6.07 Å². The Kier molecular flexibility index (Phi) is 5.52.